The third-order valence-electron chi connectivity index (χ3n) is 3.28. The number of fused-ring (bicyclic) bond motifs is 1. The number of oxazole rings is 1. The summed E-state index contributed by atoms with van der Waals surface area (Å²) in [6.45, 7) is 2.12. The molecule has 3 rings (SSSR count). The summed E-state index contributed by atoms with van der Waals surface area (Å²) < 4.78 is 5.75. The first-order valence-corrected chi connectivity index (χ1v) is 6.34. The smallest absolute Gasteiger partial charge is 0.227 e. The molecule has 1 N–H and O–H groups in total. The molecule has 0 fully saturated rings. The molecule has 0 radical (unpaired) electrons. The van der Waals surface area contributed by atoms with Gasteiger partial charge in [0.25, 0.3) is 0 Å². The van der Waals surface area contributed by atoms with Gasteiger partial charge in [0.15, 0.2) is 5.58 Å². The minimum atomic E-state index is 0.112. The first-order chi connectivity index (χ1) is 9.28. The summed E-state index contributed by atoms with van der Waals surface area (Å²) in [6.07, 6.45) is 0. The lowest BCUT2D eigenvalue weighted by molar-refractivity contribution is 0.273. The molecule has 3 heteroatoms. The molecule has 1 heterocycles. The zero-order valence-electron chi connectivity index (χ0n) is 10.7. The highest BCUT2D eigenvalue weighted by molar-refractivity contribution is 5.77. The Morgan fingerprint density at radius 2 is 1.95 bits per heavy atom. The molecule has 0 aliphatic rings. The van der Waals surface area contributed by atoms with Crippen LogP contribution in [0.5, 0.6) is 0 Å². The van der Waals surface area contributed by atoms with Gasteiger partial charge in [-0.05, 0) is 29.8 Å². The molecule has 96 valence electrons. The molecule has 0 spiro atoms. The van der Waals surface area contributed by atoms with Crippen molar-refractivity contribution in [1.82, 2.24) is 4.98 Å². The van der Waals surface area contributed by atoms with Gasteiger partial charge in [-0.1, -0.05) is 31.2 Å². The van der Waals surface area contributed by atoms with Crippen LogP contribution in [-0.4, -0.2) is 16.7 Å². The minimum absolute atomic E-state index is 0.112. The molecule has 0 aliphatic heterocycles. The van der Waals surface area contributed by atoms with Crippen molar-refractivity contribution in [3.8, 4) is 11.5 Å². The van der Waals surface area contributed by atoms with Crippen LogP contribution < -0.4 is 0 Å². The number of aliphatic hydroxyl groups excluding tert-OH is 1. The molecule has 0 unspecified atom stereocenters. The van der Waals surface area contributed by atoms with Crippen molar-refractivity contribution in [2.24, 2.45) is 0 Å². The summed E-state index contributed by atoms with van der Waals surface area (Å²) in [5.41, 5.74) is 3.64. The fourth-order valence-corrected chi connectivity index (χ4v) is 2.06. The van der Waals surface area contributed by atoms with Crippen molar-refractivity contribution in [2.75, 3.05) is 6.61 Å². The number of aliphatic hydroxyl groups is 1. The number of hydrogen-bond donors (Lipinski definition) is 1. The van der Waals surface area contributed by atoms with Gasteiger partial charge < -0.3 is 9.52 Å². The third kappa shape index (κ3) is 2.25. The molecule has 3 aromatic rings. The van der Waals surface area contributed by atoms with Gasteiger partial charge in [0.2, 0.25) is 5.89 Å². The lowest BCUT2D eigenvalue weighted by atomic mass is 10.0. The second-order valence-corrected chi connectivity index (χ2v) is 4.70. The molecule has 2 aromatic carbocycles. The van der Waals surface area contributed by atoms with Crippen molar-refractivity contribution in [3.05, 3.63) is 54.1 Å². The molecule has 0 saturated carbocycles. The molecule has 0 amide bonds. The van der Waals surface area contributed by atoms with E-state index in [4.69, 9.17) is 4.42 Å². The molecule has 0 aliphatic carbocycles. The SMILES string of the molecule is C[C@@H](CO)c1ccc2oc(-c3ccccc3)nc2c1. The highest BCUT2D eigenvalue weighted by Crippen LogP contribution is 2.26. The monoisotopic (exact) mass is 253 g/mol. The van der Waals surface area contributed by atoms with Crippen LogP contribution in [0.2, 0.25) is 0 Å². The highest BCUT2D eigenvalue weighted by Gasteiger charge is 2.10. The van der Waals surface area contributed by atoms with Gasteiger partial charge in [-0.2, -0.15) is 0 Å². The van der Waals surface area contributed by atoms with Crippen molar-refractivity contribution in [3.63, 3.8) is 0 Å². The number of aromatic nitrogens is 1. The number of benzene rings is 2. The Labute approximate surface area is 111 Å². The fraction of sp³-hybridized carbons (Fsp3) is 0.188. The molecule has 1 atom stereocenters. The van der Waals surface area contributed by atoms with E-state index in [1.807, 2.05) is 55.5 Å². The lowest BCUT2D eigenvalue weighted by Crippen LogP contribution is -1.98. The van der Waals surface area contributed by atoms with Crippen LogP contribution in [0, 0.1) is 0 Å². The van der Waals surface area contributed by atoms with Crippen LogP contribution in [0.4, 0.5) is 0 Å². The average Bonchev–Trinajstić information content (AvgIpc) is 2.90. The third-order valence-corrected chi connectivity index (χ3v) is 3.28. The Hall–Kier alpha value is -2.13. The zero-order chi connectivity index (χ0) is 13.2. The Bertz CT molecular complexity index is 688. The molecule has 1 aromatic heterocycles. The Kier molecular flexibility index (Phi) is 3.05. The molecule has 19 heavy (non-hydrogen) atoms. The summed E-state index contributed by atoms with van der Waals surface area (Å²) in [5.74, 6) is 0.741. The first kappa shape index (κ1) is 11.9. The summed E-state index contributed by atoms with van der Waals surface area (Å²) in [6, 6.07) is 15.7. The van der Waals surface area contributed by atoms with Gasteiger partial charge in [-0.15, -0.1) is 0 Å². The Morgan fingerprint density at radius 3 is 2.68 bits per heavy atom. The Balaban J connectivity index is 2.06. The van der Waals surface area contributed by atoms with Crippen molar-refractivity contribution < 1.29 is 9.52 Å². The van der Waals surface area contributed by atoms with Gasteiger partial charge in [0.05, 0.1) is 0 Å². The average molecular weight is 253 g/mol. The molecule has 3 nitrogen and oxygen atoms in total. The maximum atomic E-state index is 9.20. The second kappa shape index (κ2) is 4.86. The normalized spacial score (nSPS) is 12.7. The number of nitrogens with zero attached hydrogens (tertiary/aromatic N) is 1. The van der Waals surface area contributed by atoms with Crippen LogP contribution in [-0.2, 0) is 0 Å². The number of hydrogen-bond acceptors (Lipinski definition) is 3. The predicted octanol–water partition coefficient (Wildman–Crippen LogP) is 3.59. The van der Waals surface area contributed by atoms with E-state index in [1.54, 1.807) is 0 Å². The molecular weight excluding hydrogens is 238 g/mol. The van der Waals surface area contributed by atoms with Gasteiger partial charge in [0, 0.05) is 18.1 Å². The zero-order valence-corrected chi connectivity index (χ0v) is 10.7. The van der Waals surface area contributed by atoms with Crippen molar-refractivity contribution in [2.45, 2.75) is 12.8 Å². The summed E-state index contributed by atoms with van der Waals surface area (Å²) in [7, 11) is 0. The molecule has 0 saturated heterocycles. The minimum Gasteiger partial charge on any atom is -0.436 e. The largest absolute Gasteiger partial charge is 0.436 e. The molecular formula is C16H15NO2. The van der Waals surface area contributed by atoms with Crippen molar-refractivity contribution >= 4 is 11.1 Å². The quantitative estimate of drug-likeness (QED) is 0.775. The van der Waals surface area contributed by atoms with E-state index in [0.29, 0.717) is 5.89 Å². The van der Waals surface area contributed by atoms with Crippen LogP contribution >= 0.6 is 0 Å². The van der Waals surface area contributed by atoms with Crippen LogP contribution in [0.25, 0.3) is 22.6 Å². The van der Waals surface area contributed by atoms with E-state index in [0.717, 1.165) is 22.2 Å². The van der Waals surface area contributed by atoms with Crippen LogP contribution in [0.15, 0.2) is 52.9 Å². The van der Waals surface area contributed by atoms with E-state index in [1.165, 1.54) is 0 Å². The van der Waals surface area contributed by atoms with E-state index >= 15 is 0 Å². The van der Waals surface area contributed by atoms with Crippen LogP contribution in [0.3, 0.4) is 0 Å². The van der Waals surface area contributed by atoms with Gasteiger partial charge in [-0.3, -0.25) is 0 Å². The standard InChI is InChI=1S/C16H15NO2/c1-11(10-18)13-7-8-15-14(9-13)17-16(19-15)12-5-3-2-4-6-12/h2-9,11,18H,10H2,1H3/t11-/m0/s1. The number of rotatable bonds is 3. The van der Waals surface area contributed by atoms with Gasteiger partial charge in [-0.25, -0.2) is 4.98 Å². The topological polar surface area (TPSA) is 46.3 Å². The van der Waals surface area contributed by atoms with E-state index in [9.17, 15) is 5.11 Å². The maximum Gasteiger partial charge on any atom is 0.227 e. The summed E-state index contributed by atoms with van der Waals surface area (Å²) >= 11 is 0. The fourth-order valence-electron chi connectivity index (χ4n) is 2.06. The van der Waals surface area contributed by atoms with E-state index < -0.39 is 0 Å². The van der Waals surface area contributed by atoms with Gasteiger partial charge >= 0.3 is 0 Å². The second-order valence-electron chi connectivity index (χ2n) is 4.70. The predicted molar refractivity (Wildman–Crippen MR) is 74.9 cm³/mol. The van der Waals surface area contributed by atoms with E-state index in [-0.39, 0.29) is 12.5 Å². The molecule has 0 bridgehead atoms. The van der Waals surface area contributed by atoms with E-state index in [2.05, 4.69) is 4.98 Å². The highest BCUT2D eigenvalue weighted by atomic mass is 16.3. The summed E-state index contributed by atoms with van der Waals surface area (Å²) in [5, 5.41) is 9.20. The summed E-state index contributed by atoms with van der Waals surface area (Å²) in [4.78, 5) is 4.51. The Morgan fingerprint density at radius 1 is 1.16 bits per heavy atom. The van der Waals surface area contributed by atoms with Crippen LogP contribution in [0.1, 0.15) is 18.4 Å². The first-order valence-electron chi connectivity index (χ1n) is 6.34. The lowest BCUT2D eigenvalue weighted by Gasteiger charge is -2.06. The van der Waals surface area contributed by atoms with Crippen molar-refractivity contribution in [1.29, 1.82) is 0 Å². The van der Waals surface area contributed by atoms with Gasteiger partial charge in [0.1, 0.15) is 5.52 Å². The maximum absolute atomic E-state index is 9.20.